The van der Waals surface area contributed by atoms with Crippen molar-refractivity contribution in [3.63, 3.8) is 0 Å². The molecule has 6 nitrogen and oxygen atoms in total. The highest BCUT2D eigenvalue weighted by atomic mass is 16.2. The van der Waals surface area contributed by atoms with Crippen molar-refractivity contribution in [1.29, 1.82) is 0 Å². The fourth-order valence-electron chi connectivity index (χ4n) is 2.60. The number of hydrogen-bond acceptors (Lipinski definition) is 3. The summed E-state index contributed by atoms with van der Waals surface area (Å²) >= 11 is 0. The predicted octanol–water partition coefficient (Wildman–Crippen LogP) is 1.97. The van der Waals surface area contributed by atoms with Crippen LogP contribution in [0.2, 0.25) is 0 Å². The lowest BCUT2D eigenvalue weighted by atomic mass is 9.98. The average molecular weight is 285 g/mol. The van der Waals surface area contributed by atoms with Gasteiger partial charge in [0.05, 0.1) is 0 Å². The highest BCUT2D eigenvalue weighted by molar-refractivity contribution is 5.88. The molecule has 2 aromatic heterocycles. The lowest BCUT2D eigenvalue weighted by Gasteiger charge is -2.23. The van der Waals surface area contributed by atoms with E-state index in [-0.39, 0.29) is 6.03 Å². The monoisotopic (exact) mass is 285 g/mol. The molecule has 0 saturated heterocycles. The molecule has 2 amide bonds. The van der Waals surface area contributed by atoms with E-state index in [0.717, 1.165) is 30.9 Å². The van der Waals surface area contributed by atoms with Gasteiger partial charge in [0.15, 0.2) is 0 Å². The number of rotatable bonds is 3. The van der Waals surface area contributed by atoms with Crippen molar-refractivity contribution in [2.45, 2.75) is 26.3 Å². The highest BCUT2D eigenvalue weighted by Crippen LogP contribution is 2.18. The van der Waals surface area contributed by atoms with Gasteiger partial charge in [0.25, 0.3) is 0 Å². The third-order valence-corrected chi connectivity index (χ3v) is 3.73. The van der Waals surface area contributed by atoms with Crippen molar-refractivity contribution < 1.29 is 4.79 Å². The summed E-state index contributed by atoms with van der Waals surface area (Å²) in [4.78, 5) is 20.5. The van der Waals surface area contributed by atoms with Crippen LogP contribution in [0.3, 0.4) is 0 Å². The molecule has 1 aliphatic heterocycles. The lowest BCUT2D eigenvalue weighted by molar-refractivity contribution is 0.248. The molecule has 0 aromatic carbocycles. The van der Waals surface area contributed by atoms with Crippen molar-refractivity contribution in [2.75, 3.05) is 11.9 Å². The van der Waals surface area contributed by atoms with Crippen molar-refractivity contribution >= 4 is 11.8 Å². The Morgan fingerprint density at radius 2 is 2.38 bits per heavy atom. The zero-order valence-corrected chi connectivity index (χ0v) is 12.0. The number of amides is 2. The maximum atomic E-state index is 11.9. The van der Waals surface area contributed by atoms with Crippen LogP contribution in [0.25, 0.3) is 0 Å². The zero-order chi connectivity index (χ0) is 14.7. The molecule has 110 valence electrons. The maximum Gasteiger partial charge on any atom is 0.320 e. The number of aromatic nitrogens is 3. The SMILES string of the molecule is Cc1cccc(NC(=O)NCC2CCn3ccnc3C2)n1. The van der Waals surface area contributed by atoms with Gasteiger partial charge < -0.3 is 9.88 Å². The number of urea groups is 1. The number of carbonyl (C=O) groups excluding carboxylic acids is 1. The Hall–Kier alpha value is -2.37. The second-order valence-electron chi connectivity index (χ2n) is 5.39. The molecule has 3 heterocycles. The Morgan fingerprint density at radius 3 is 3.24 bits per heavy atom. The largest absolute Gasteiger partial charge is 0.338 e. The van der Waals surface area contributed by atoms with E-state index in [0.29, 0.717) is 18.3 Å². The Kier molecular flexibility index (Phi) is 3.85. The Labute approximate surface area is 123 Å². The van der Waals surface area contributed by atoms with Gasteiger partial charge in [-0.15, -0.1) is 0 Å². The fraction of sp³-hybridized carbons (Fsp3) is 0.400. The molecule has 0 aliphatic carbocycles. The standard InChI is InChI=1S/C15H19N5O/c1-11-3-2-4-13(18-11)19-15(21)17-10-12-5-7-20-8-6-16-14(20)9-12/h2-4,6,8,12H,5,7,9-10H2,1H3,(H2,17,18,19,21). The van der Waals surface area contributed by atoms with Crippen molar-refractivity contribution in [3.8, 4) is 0 Å². The molecular weight excluding hydrogens is 266 g/mol. The third-order valence-electron chi connectivity index (χ3n) is 3.73. The molecular formula is C15H19N5O. The smallest absolute Gasteiger partial charge is 0.320 e. The van der Waals surface area contributed by atoms with Crippen LogP contribution in [0.5, 0.6) is 0 Å². The van der Waals surface area contributed by atoms with Gasteiger partial charge >= 0.3 is 6.03 Å². The van der Waals surface area contributed by atoms with E-state index in [1.165, 1.54) is 0 Å². The van der Waals surface area contributed by atoms with E-state index >= 15 is 0 Å². The van der Waals surface area contributed by atoms with Gasteiger partial charge in [-0.2, -0.15) is 0 Å². The molecule has 0 radical (unpaired) electrons. The number of nitrogens with zero attached hydrogens (tertiary/aromatic N) is 3. The van der Waals surface area contributed by atoms with Crippen LogP contribution >= 0.6 is 0 Å². The van der Waals surface area contributed by atoms with E-state index in [1.54, 1.807) is 6.07 Å². The lowest BCUT2D eigenvalue weighted by Crippen LogP contribution is -2.36. The zero-order valence-electron chi connectivity index (χ0n) is 12.0. The molecule has 3 rings (SSSR count). The molecule has 21 heavy (non-hydrogen) atoms. The molecule has 0 bridgehead atoms. The highest BCUT2D eigenvalue weighted by Gasteiger charge is 2.19. The van der Waals surface area contributed by atoms with Crippen molar-refractivity contribution in [1.82, 2.24) is 19.9 Å². The van der Waals surface area contributed by atoms with Crippen LogP contribution in [0.15, 0.2) is 30.6 Å². The summed E-state index contributed by atoms with van der Waals surface area (Å²) in [7, 11) is 0. The number of imidazole rings is 1. The van der Waals surface area contributed by atoms with Gasteiger partial charge in [-0.25, -0.2) is 14.8 Å². The van der Waals surface area contributed by atoms with Gasteiger partial charge in [0.2, 0.25) is 0 Å². The molecule has 0 saturated carbocycles. The summed E-state index contributed by atoms with van der Waals surface area (Å²) in [6.45, 7) is 3.53. The van der Waals surface area contributed by atoms with Crippen LogP contribution in [0.4, 0.5) is 10.6 Å². The molecule has 1 atom stereocenters. The second kappa shape index (κ2) is 5.95. The number of aryl methyl sites for hydroxylation is 2. The minimum absolute atomic E-state index is 0.206. The second-order valence-corrected chi connectivity index (χ2v) is 5.39. The fourth-order valence-corrected chi connectivity index (χ4v) is 2.60. The first-order valence-corrected chi connectivity index (χ1v) is 7.19. The van der Waals surface area contributed by atoms with Gasteiger partial charge in [-0.1, -0.05) is 6.07 Å². The molecule has 2 N–H and O–H groups in total. The molecule has 1 unspecified atom stereocenters. The minimum atomic E-state index is -0.206. The van der Waals surface area contributed by atoms with E-state index < -0.39 is 0 Å². The van der Waals surface area contributed by atoms with Gasteiger partial charge in [0.1, 0.15) is 11.6 Å². The first kappa shape index (κ1) is 13.6. The van der Waals surface area contributed by atoms with Gasteiger partial charge in [-0.05, 0) is 31.4 Å². The topological polar surface area (TPSA) is 71.8 Å². The van der Waals surface area contributed by atoms with Crippen LogP contribution in [-0.4, -0.2) is 27.1 Å². The molecule has 6 heteroatoms. The van der Waals surface area contributed by atoms with Crippen LogP contribution in [-0.2, 0) is 13.0 Å². The summed E-state index contributed by atoms with van der Waals surface area (Å²) in [5, 5.41) is 5.67. The molecule has 0 spiro atoms. The molecule has 0 fully saturated rings. The normalized spacial score (nSPS) is 17.1. The number of hydrogen-bond donors (Lipinski definition) is 2. The minimum Gasteiger partial charge on any atom is -0.338 e. The van der Waals surface area contributed by atoms with E-state index in [4.69, 9.17) is 0 Å². The predicted molar refractivity (Wildman–Crippen MR) is 80.0 cm³/mol. The Bertz CT molecular complexity index is 636. The number of anilines is 1. The van der Waals surface area contributed by atoms with Crippen LogP contribution in [0.1, 0.15) is 17.9 Å². The van der Waals surface area contributed by atoms with Crippen LogP contribution < -0.4 is 10.6 Å². The van der Waals surface area contributed by atoms with Crippen LogP contribution in [0, 0.1) is 12.8 Å². The average Bonchev–Trinajstić information content (AvgIpc) is 2.92. The van der Waals surface area contributed by atoms with Gasteiger partial charge in [-0.3, -0.25) is 5.32 Å². The molecule has 1 aliphatic rings. The van der Waals surface area contributed by atoms with Gasteiger partial charge in [0, 0.05) is 37.6 Å². The number of carbonyl (C=O) groups is 1. The van der Waals surface area contributed by atoms with E-state index in [9.17, 15) is 4.79 Å². The summed E-state index contributed by atoms with van der Waals surface area (Å²) in [5.74, 6) is 2.12. The summed E-state index contributed by atoms with van der Waals surface area (Å²) in [6, 6.07) is 5.35. The Balaban J connectivity index is 1.48. The van der Waals surface area contributed by atoms with E-state index in [1.807, 2.05) is 31.5 Å². The Morgan fingerprint density at radius 1 is 1.48 bits per heavy atom. The summed E-state index contributed by atoms with van der Waals surface area (Å²) < 4.78 is 2.17. The summed E-state index contributed by atoms with van der Waals surface area (Å²) in [5.41, 5.74) is 0.881. The summed E-state index contributed by atoms with van der Waals surface area (Å²) in [6.07, 6.45) is 5.82. The van der Waals surface area contributed by atoms with Crippen molar-refractivity contribution in [3.05, 3.63) is 42.1 Å². The third kappa shape index (κ3) is 3.39. The first-order chi connectivity index (χ1) is 10.2. The first-order valence-electron chi connectivity index (χ1n) is 7.19. The van der Waals surface area contributed by atoms with Crippen molar-refractivity contribution in [2.24, 2.45) is 5.92 Å². The number of pyridine rings is 1. The molecule has 2 aromatic rings. The number of nitrogens with one attached hydrogen (secondary N) is 2. The van der Waals surface area contributed by atoms with E-state index in [2.05, 4.69) is 25.2 Å². The quantitative estimate of drug-likeness (QED) is 0.905. The maximum absolute atomic E-state index is 11.9. The number of fused-ring (bicyclic) bond motifs is 1.